The van der Waals surface area contributed by atoms with E-state index >= 15 is 0 Å². The van der Waals surface area contributed by atoms with E-state index < -0.39 is 0 Å². The first-order chi connectivity index (χ1) is 8.72. The zero-order chi connectivity index (χ0) is 13.0. The first-order valence-corrected chi connectivity index (χ1v) is 6.12. The lowest BCUT2D eigenvalue weighted by molar-refractivity contribution is 0.263. The fraction of sp³-hybridized carbons (Fsp3) is 0.250. The molecule has 0 radical (unpaired) electrons. The molecule has 2 heteroatoms. The van der Waals surface area contributed by atoms with Crippen molar-refractivity contribution >= 4 is 0 Å². The zero-order valence-electron chi connectivity index (χ0n) is 10.4. The molecule has 1 N–H and O–H groups in total. The standard InChI is InChI=1S/C16H17FO/c1-12-6-2-4-8-15(12)14(11-18)10-13-7-3-5-9-16(13)17/h2-9,14,18H,10-11H2,1H3. The van der Waals surface area contributed by atoms with Crippen LogP contribution in [0.1, 0.15) is 22.6 Å². The topological polar surface area (TPSA) is 20.2 Å². The highest BCUT2D eigenvalue weighted by atomic mass is 19.1. The molecular formula is C16H17FO. The van der Waals surface area contributed by atoms with Gasteiger partial charge in [-0.25, -0.2) is 4.39 Å². The summed E-state index contributed by atoms with van der Waals surface area (Å²) in [5.74, 6) is -0.257. The second kappa shape index (κ2) is 5.78. The lowest BCUT2D eigenvalue weighted by atomic mass is 9.90. The summed E-state index contributed by atoms with van der Waals surface area (Å²) in [6, 6.07) is 14.7. The molecule has 0 bridgehead atoms. The molecule has 0 saturated heterocycles. The minimum Gasteiger partial charge on any atom is -0.396 e. The first-order valence-electron chi connectivity index (χ1n) is 6.12. The maximum atomic E-state index is 13.6. The van der Waals surface area contributed by atoms with Gasteiger partial charge in [-0.15, -0.1) is 0 Å². The van der Waals surface area contributed by atoms with Crippen LogP contribution in [0.4, 0.5) is 4.39 Å². The number of aliphatic hydroxyl groups is 1. The Morgan fingerprint density at radius 2 is 1.72 bits per heavy atom. The predicted octanol–water partition coefficient (Wildman–Crippen LogP) is 3.45. The number of rotatable bonds is 4. The molecule has 2 aromatic rings. The third-order valence-corrected chi connectivity index (χ3v) is 3.27. The van der Waals surface area contributed by atoms with Gasteiger partial charge in [-0.05, 0) is 36.1 Å². The van der Waals surface area contributed by atoms with Gasteiger partial charge in [-0.2, -0.15) is 0 Å². The third-order valence-electron chi connectivity index (χ3n) is 3.27. The summed E-state index contributed by atoms with van der Waals surface area (Å²) in [6.45, 7) is 2.04. The van der Waals surface area contributed by atoms with Crippen molar-refractivity contribution in [3.8, 4) is 0 Å². The van der Waals surface area contributed by atoms with Crippen molar-refractivity contribution in [2.45, 2.75) is 19.3 Å². The minimum atomic E-state index is -0.204. The molecule has 0 aliphatic rings. The highest BCUT2D eigenvalue weighted by molar-refractivity contribution is 5.31. The Kier molecular flexibility index (Phi) is 4.11. The molecule has 18 heavy (non-hydrogen) atoms. The van der Waals surface area contributed by atoms with Gasteiger partial charge in [0.05, 0.1) is 6.61 Å². The molecule has 0 aromatic heterocycles. The van der Waals surface area contributed by atoms with Crippen LogP contribution in [0, 0.1) is 12.7 Å². The summed E-state index contributed by atoms with van der Waals surface area (Å²) in [5.41, 5.74) is 2.87. The molecule has 0 spiro atoms. The molecule has 0 saturated carbocycles. The number of halogens is 1. The molecule has 0 heterocycles. The molecule has 0 aliphatic carbocycles. The summed E-state index contributed by atoms with van der Waals surface area (Å²) in [6.07, 6.45) is 0.522. The van der Waals surface area contributed by atoms with Gasteiger partial charge in [0.1, 0.15) is 5.82 Å². The fourth-order valence-electron chi connectivity index (χ4n) is 2.25. The van der Waals surface area contributed by atoms with Crippen LogP contribution in [-0.2, 0) is 6.42 Å². The summed E-state index contributed by atoms with van der Waals surface area (Å²) in [5, 5.41) is 9.53. The molecule has 0 fully saturated rings. The van der Waals surface area contributed by atoms with E-state index in [0.717, 1.165) is 11.1 Å². The number of benzene rings is 2. The molecule has 1 nitrogen and oxygen atoms in total. The van der Waals surface area contributed by atoms with Crippen molar-refractivity contribution < 1.29 is 9.50 Å². The van der Waals surface area contributed by atoms with Crippen LogP contribution in [0.15, 0.2) is 48.5 Å². The summed E-state index contributed by atoms with van der Waals surface area (Å²) in [7, 11) is 0. The summed E-state index contributed by atoms with van der Waals surface area (Å²) in [4.78, 5) is 0. The number of hydrogen-bond donors (Lipinski definition) is 1. The van der Waals surface area contributed by atoms with Crippen molar-refractivity contribution in [3.05, 3.63) is 71.0 Å². The number of hydrogen-bond acceptors (Lipinski definition) is 1. The van der Waals surface area contributed by atoms with Gasteiger partial charge in [0, 0.05) is 5.92 Å². The Hall–Kier alpha value is -1.67. The van der Waals surface area contributed by atoms with E-state index in [1.165, 1.54) is 6.07 Å². The van der Waals surface area contributed by atoms with Crippen LogP contribution in [0.3, 0.4) is 0 Å². The molecular weight excluding hydrogens is 227 g/mol. The molecule has 0 aliphatic heterocycles. The van der Waals surface area contributed by atoms with E-state index in [1.807, 2.05) is 37.3 Å². The van der Waals surface area contributed by atoms with E-state index in [2.05, 4.69) is 0 Å². The number of aliphatic hydroxyl groups excluding tert-OH is 1. The smallest absolute Gasteiger partial charge is 0.126 e. The van der Waals surface area contributed by atoms with E-state index in [0.29, 0.717) is 12.0 Å². The van der Waals surface area contributed by atoms with E-state index in [4.69, 9.17) is 0 Å². The van der Waals surface area contributed by atoms with Crippen LogP contribution in [0.25, 0.3) is 0 Å². The fourth-order valence-corrected chi connectivity index (χ4v) is 2.25. The van der Waals surface area contributed by atoms with Crippen molar-refractivity contribution in [1.29, 1.82) is 0 Å². The van der Waals surface area contributed by atoms with E-state index in [9.17, 15) is 9.50 Å². The van der Waals surface area contributed by atoms with Gasteiger partial charge >= 0.3 is 0 Å². The maximum absolute atomic E-state index is 13.6. The van der Waals surface area contributed by atoms with Crippen LogP contribution < -0.4 is 0 Å². The number of aryl methyl sites for hydroxylation is 1. The van der Waals surface area contributed by atoms with Crippen molar-refractivity contribution in [1.82, 2.24) is 0 Å². The SMILES string of the molecule is Cc1ccccc1C(CO)Cc1ccccc1F. The highest BCUT2D eigenvalue weighted by Gasteiger charge is 2.15. The molecule has 0 amide bonds. The second-order valence-electron chi connectivity index (χ2n) is 4.53. The Bertz CT molecular complexity index is 522. The van der Waals surface area contributed by atoms with Crippen molar-refractivity contribution in [2.75, 3.05) is 6.61 Å². The predicted molar refractivity (Wildman–Crippen MR) is 71.1 cm³/mol. The second-order valence-corrected chi connectivity index (χ2v) is 4.53. The Balaban J connectivity index is 2.26. The Morgan fingerprint density at radius 1 is 1.06 bits per heavy atom. The van der Waals surface area contributed by atoms with Gasteiger partial charge < -0.3 is 5.11 Å². The van der Waals surface area contributed by atoms with Gasteiger partial charge in [-0.3, -0.25) is 0 Å². The molecule has 2 rings (SSSR count). The molecule has 1 atom stereocenters. The quantitative estimate of drug-likeness (QED) is 0.873. The molecule has 94 valence electrons. The maximum Gasteiger partial charge on any atom is 0.126 e. The average molecular weight is 244 g/mol. The van der Waals surface area contributed by atoms with Crippen LogP contribution >= 0.6 is 0 Å². The van der Waals surface area contributed by atoms with Gasteiger partial charge in [0.15, 0.2) is 0 Å². The average Bonchev–Trinajstić information content (AvgIpc) is 2.39. The van der Waals surface area contributed by atoms with Crippen molar-refractivity contribution in [3.63, 3.8) is 0 Å². The minimum absolute atomic E-state index is 0.0270. The van der Waals surface area contributed by atoms with Crippen LogP contribution in [0.5, 0.6) is 0 Å². The lowest BCUT2D eigenvalue weighted by Crippen LogP contribution is -2.10. The third kappa shape index (κ3) is 2.77. The first kappa shape index (κ1) is 12.8. The Morgan fingerprint density at radius 3 is 2.39 bits per heavy atom. The largest absolute Gasteiger partial charge is 0.396 e. The van der Waals surface area contributed by atoms with Crippen molar-refractivity contribution in [2.24, 2.45) is 0 Å². The Labute approximate surface area is 107 Å². The normalized spacial score (nSPS) is 12.4. The summed E-state index contributed by atoms with van der Waals surface area (Å²) < 4.78 is 13.6. The summed E-state index contributed by atoms with van der Waals surface area (Å²) >= 11 is 0. The lowest BCUT2D eigenvalue weighted by Gasteiger charge is -2.17. The van der Waals surface area contributed by atoms with E-state index in [1.54, 1.807) is 12.1 Å². The molecule has 1 unspecified atom stereocenters. The van der Waals surface area contributed by atoms with Crippen LogP contribution in [0.2, 0.25) is 0 Å². The van der Waals surface area contributed by atoms with Gasteiger partial charge in [-0.1, -0.05) is 42.5 Å². The van der Waals surface area contributed by atoms with Crippen LogP contribution in [-0.4, -0.2) is 11.7 Å². The van der Waals surface area contributed by atoms with E-state index in [-0.39, 0.29) is 18.3 Å². The molecule has 2 aromatic carbocycles. The zero-order valence-corrected chi connectivity index (χ0v) is 10.4. The van der Waals surface area contributed by atoms with Gasteiger partial charge in [0.25, 0.3) is 0 Å². The highest BCUT2D eigenvalue weighted by Crippen LogP contribution is 2.24. The monoisotopic (exact) mass is 244 g/mol. The van der Waals surface area contributed by atoms with Gasteiger partial charge in [0.2, 0.25) is 0 Å².